The Hall–Kier alpha value is -3.61. The molecule has 3 aromatic rings. The van der Waals surface area contributed by atoms with Gasteiger partial charge in [0.05, 0.1) is 14.2 Å². The third-order valence-electron chi connectivity index (χ3n) is 6.09. The number of nitrogens with one attached hydrogen (secondary N) is 1. The Balaban J connectivity index is 1.65. The molecule has 7 nitrogen and oxygen atoms in total. The highest BCUT2D eigenvalue weighted by Crippen LogP contribution is 2.45. The summed E-state index contributed by atoms with van der Waals surface area (Å²) in [6.45, 7) is 4.25. The molecule has 1 atom stereocenters. The van der Waals surface area contributed by atoms with Crippen LogP contribution in [0.5, 0.6) is 11.5 Å². The average molecular weight is 431 g/mol. The summed E-state index contributed by atoms with van der Waals surface area (Å²) < 4.78 is 12.6. The van der Waals surface area contributed by atoms with Crippen LogP contribution in [0.25, 0.3) is 11.4 Å². The van der Waals surface area contributed by atoms with E-state index in [1.807, 2.05) is 53.2 Å². The molecule has 0 fully saturated rings. The number of carbonyl (C=O) groups excluding carboxylic acids is 1. The van der Waals surface area contributed by atoms with Crippen LogP contribution in [0, 0.1) is 5.41 Å². The summed E-state index contributed by atoms with van der Waals surface area (Å²) in [6.07, 6.45) is 1.30. The van der Waals surface area contributed by atoms with E-state index >= 15 is 0 Å². The van der Waals surface area contributed by atoms with E-state index in [-0.39, 0.29) is 17.2 Å². The number of hydrogen-bond donors (Lipinski definition) is 1. The summed E-state index contributed by atoms with van der Waals surface area (Å²) in [5.74, 6) is 2.60. The Morgan fingerprint density at radius 1 is 1.03 bits per heavy atom. The summed E-state index contributed by atoms with van der Waals surface area (Å²) in [6, 6.07) is 15.3. The molecule has 2 aromatic carbocycles. The normalized spacial score (nSPS) is 19.1. The van der Waals surface area contributed by atoms with Crippen molar-refractivity contribution in [2.24, 2.45) is 5.41 Å². The first-order valence-corrected chi connectivity index (χ1v) is 10.7. The molecule has 0 bridgehead atoms. The molecule has 5 rings (SSSR count). The van der Waals surface area contributed by atoms with Crippen molar-refractivity contribution < 1.29 is 14.3 Å². The van der Waals surface area contributed by atoms with Crippen molar-refractivity contribution in [2.75, 3.05) is 19.5 Å². The minimum atomic E-state index is -0.313. The van der Waals surface area contributed by atoms with Crippen molar-refractivity contribution >= 4 is 11.7 Å². The van der Waals surface area contributed by atoms with Crippen molar-refractivity contribution in [1.82, 2.24) is 14.8 Å². The van der Waals surface area contributed by atoms with Gasteiger partial charge in [-0.3, -0.25) is 4.79 Å². The second-order valence-corrected chi connectivity index (χ2v) is 9.04. The fourth-order valence-electron chi connectivity index (χ4n) is 4.65. The lowest BCUT2D eigenvalue weighted by atomic mass is 9.73. The van der Waals surface area contributed by atoms with Crippen molar-refractivity contribution in [1.29, 1.82) is 0 Å². The standard InChI is InChI=1S/C25H26N4O3/c1-25(2)13-17-21(18(30)14-25)22(15-8-6-5-7-9-15)29-24(26-17)27-23(28-29)16-10-11-19(31-3)20(12-16)32-4/h5-12,22H,13-14H2,1-4H3,(H,26,27,28)/t22-/m0/s1. The van der Waals surface area contributed by atoms with E-state index in [1.165, 1.54) is 0 Å². The van der Waals surface area contributed by atoms with Crippen molar-refractivity contribution in [3.63, 3.8) is 0 Å². The van der Waals surface area contributed by atoms with Crippen molar-refractivity contribution in [3.8, 4) is 22.9 Å². The Labute approximate surface area is 187 Å². The lowest BCUT2D eigenvalue weighted by Crippen LogP contribution is -2.36. The van der Waals surface area contributed by atoms with Gasteiger partial charge in [-0.1, -0.05) is 44.2 Å². The van der Waals surface area contributed by atoms with Crippen molar-refractivity contribution in [3.05, 3.63) is 65.4 Å². The zero-order chi connectivity index (χ0) is 22.5. The number of aromatic nitrogens is 3. The van der Waals surface area contributed by atoms with Gasteiger partial charge in [0.15, 0.2) is 23.1 Å². The number of carbonyl (C=O) groups is 1. The van der Waals surface area contributed by atoms with Gasteiger partial charge in [-0.05, 0) is 35.6 Å². The minimum absolute atomic E-state index is 0.0987. The molecule has 32 heavy (non-hydrogen) atoms. The number of ether oxygens (including phenoxy) is 2. The van der Waals surface area contributed by atoms with E-state index < -0.39 is 0 Å². The number of allylic oxidation sites excluding steroid dienone is 2. The summed E-state index contributed by atoms with van der Waals surface area (Å²) in [5.41, 5.74) is 3.45. The second-order valence-electron chi connectivity index (χ2n) is 9.04. The molecule has 0 unspecified atom stereocenters. The molecule has 164 valence electrons. The maximum Gasteiger partial charge on any atom is 0.226 e. The van der Waals surface area contributed by atoms with Gasteiger partial charge in [0.25, 0.3) is 0 Å². The predicted molar refractivity (Wildman–Crippen MR) is 122 cm³/mol. The minimum Gasteiger partial charge on any atom is -0.493 e. The number of rotatable bonds is 4. The van der Waals surface area contributed by atoms with Gasteiger partial charge in [0.1, 0.15) is 6.04 Å². The zero-order valence-corrected chi connectivity index (χ0v) is 18.7. The van der Waals surface area contributed by atoms with E-state index in [2.05, 4.69) is 19.2 Å². The lowest BCUT2D eigenvalue weighted by Gasteiger charge is -2.38. The molecule has 1 aliphatic heterocycles. The van der Waals surface area contributed by atoms with E-state index in [4.69, 9.17) is 19.6 Å². The highest BCUT2D eigenvalue weighted by Gasteiger charge is 2.41. The molecule has 0 saturated carbocycles. The van der Waals surface area contributed by atoms with Crippen LogP contribution < -0.4 is 14.8 Å². The fraction of sp³-hybridized carbons (Fsp3) is 0.320. The topological polar surface area (TPSA) is 78.3 Å². The fourth-order valence-corrected chi connectivity index (χ4v) is 4.65. The number of ketones is 1. The van der Waals surface area contributed by atoms with Gasteiger partial charge in [0, 0.05) is 23.3 Å². The summed E-state index contributed by atoms with van der Waals surface area (Å²) in [4.78, 5) is 18.1. The van der Waals surface area contributed by atoms with Crippen LogP contribution in [0.4, 0.5) is 5.95 Å². The molecule has 0 spiro atoms. The monoisotopic (exact) mass is 430 g/mol. The van der Waals surface area contributed by atoms with E-state index in [1.54, 1.807) is 14.2 Å². The first-order chi connectivity index (χ1) is 15.4. The highest BCUT2D eigenvalue weighted by atomic mass is 16.5. The van der Waals surface area contributed by atoms with E-state index in [9.17, 15) is 4.79 Å². The molecular weight excluding hydrogens is 404 g/mol. The van der Waals surface area contributed by atoms with Gasteiger partial charge in [-0.25, -0.2) is 4.68 Å². The van der Waals surface area contributed by atoms with Crippen LogP contribution in [-0.2, 0) is 4.79 Å². The van der Waals surface area contributed by atoms with Gasteiger partial charge >= 0.3 is 0 Å². The van der Waals surface area contributed by atoms with Crippen LogP contribution in [0.15, 0.2) is 59.8 Å². The number of nitrogens with zero attached hydrogens (tertiary/aromatic N) is 3. The van der Waals surface area contributed by atoms with Gasteiger partial charge in [-0.15, -0.1) is 5.10 Å². The van der Waals surface area contributed by atoms with E-state index in [0.717, 1.165) is 28.8 Å². The maximum atomic E-state index is 13.3. The molecule has 2 aliphatic rings. The molecule has 1 aromatic heterocycles. The summed E-state index contributed by atoms with van der Waals surface area (Å²) in [7, 11) is 3.21. The molecule has 7 heteroatoms. The SMILES string of the molecule is COc1ccc(-c2nc3n(n2)[C@@H](c2ccccc2)C2=C(CC(C)(C)CC2=O)N3)cc1OC. The zero-order valence-electron chi connectivity index (χ0n) is 18.7. The number of Topliss-reactive ketones (excluding diaryl/α,β-unsaturated/α-hetero) is 1. The third-order valence-corrected chi connectivity index (χ3v) is 6.09. The quantitative estimate of drug-likeness (QED) is 0.651. The van der Waals surface area contributed by atoms with Gasteiger partial charge < -0.3 is 14.8 Å². The van der Waals surface area contributed by atoms with Gasteiger partial charge in [-0.2, -0.15) is 4.98 Å². The first kappa shape index (κ1) is 20.3. The Morgan fingerprint density at radius 2 is 1.78 bits per heavy atom. The van der Waals surface area contributed by atoms with Crippen LogP contribution in [0.3, 0.4) is 0 Å². The highest BCUT2D eigenvalue weighted by molar-refractivity contribution is 6.00. The second kappa shape index (κ2) is 7.51. The molecule has 0 radical (unpaired) electrons. The Bertz CT molecular complexity index is 1230. The molecular formula is C25H26N4O3. The molecule has 1 aliphatic carbocycles. The largest absolute Gasteiger partial charge is 0.493 e. The third kappa shape index (κ3) is 3.34. The van der Waals surface area contributed by atoms with Crippen molar-refractivity contribution in [2.45, 2.75) is 32.7 Å². The number of fused-ring (bicyclic) bond motifs is 1. The maximum absolute atomic E-state index is 13.3. The van der Waals surface area contributed by atoms with Crippen LogP contribution in [0.1, 0.15) is 38.3 Å². The molecule has 0 saturated heterocycles. The van der Waals surface area contributed by atoms with Crippen LogP contribution in [-0.4, -0.2) is 34.8 Å². The number of methoxy groups -OCH3 is 2. The molecule has 1 N–H and O–H groups in total. The molecule has 2 heterocycles. The smallest absolute Gasteiger partial charge is 0.226 e. The predicted octanol–water partition coefficient (Wildman–Crippen LogP) is 4.62. The Morgan fingerprint density at radius 3 is 2.50 bits per heavy atom. The van der Waals surface area contributed by atoms with Crippen LogP contribution >= 0.6 is 0 Å². The Kier molecular flexibility index (Phi) is 4.77. The average Bonchev–Trinajstić information content (AvgIpc) is 3.20. The number of anilines is 1. The summed E-state index contributed by atoms with van der Waals surface area (Å²) in [5, 5.41) is 8.25. The van der Waals surface area contributed by atoms with E-state index in [0.29, 0.717) is 29.7 Å². The summed E-state index contributed by atoms with van der Waals surface area (Å²) >= 11 is 0. The van der Waals surface area contributed by atoms with Gasteiger partial charge in [0.2, 0.25) is 5.95 Å². The number of hydrogen-bond acceptors (Lipinski definition) is 6. The number of benzene rings is 2. The van der Waals surface area contributed by atoms with Crippen LogP contribution in [0.2, 0.25) is 0 Å². The first-order valence-electron chi connectivity index (χ1n) is 10.7. The lowest BCUT2D eigenvalue weighted by molar-refractivity contribution is -0.118. The molecule has 0 amide bonds.